The lowest BCUT2D eigenvalue weighted by molar-refractivity contribution is -0.113. The molecular formula is C22H22N6OS. The molecule has 0 aliphatic rings. The van der Waals surface area contributed by atoms with E-state index in [0.29, 0.717) is 11.0 Å². The monoisotopic (exact) mass is 418 g/mol. The molecule has 0 atom stereocenters. The molecular weight excluding hydrogens is 396 g/mol. The first-order valence-corrected chi connectivity index (χ1v) is 10.5. The fourth-order valence-corrected chi connectivity index (χ4v) is 3.87. The van der Waals surface area contributed by atoms with Crippen LogP contribution in [0.1, 0.15) is 11.3 Å². The van der Waals surface area contributed by atoms with Crippen LogP contribution in [0.3, 0.4) is 0 Å². The minimum atomic E-state index is -0.127. The van der Waals surface area contributed by atoms with E-state index in [4.69, 9.17) is 0 Å². The van der Waals surface area contributed by atoms with Gasteiger partial charge >= 0.3 is 0 Å². The third-order valence-corrected chi connectivity index (χ3v) is 5.67. The first kappa shape index (κ1) is 19.9. The van der Waals surface area contributed by atoms with Crippen molar-refractivity contribution in [1.29, 1.82) is 0 Å². The molecule has 4 rings (SSSR count). The number of amides is 1. The molecule has 2 aromatic heterocycles. The number of para-hydroxylation sites is 1. The Kier molecular flexibility index (Phi) is 5.67. The Hall–Kier alpha value is -3.39. The normalized spacial score (nSPS) is 10.9. The van der Waals surface area contributed by atoms with E-state index in [9.17, 15) is 4.79 Å². The van der Waals surface area contributed by atoms with E-state index in [1.165, 1.54) is 11.8 Å². The lowest BCUT2D eigenvalue weighted by atomic mass is 10.1. The van der Waals surface area contributed by atoms with E-state index in [1.807, 2.05) is 86.1 Å². The van der Waals surface area contributed by atoms with E-state index < -0.39 is 0 Å². The van der Waals surface area contributed by atoms with Crippen LogP contribution in [0, 0.1) is 13.8 Å². The summed E-state index contributed by atoms with van der Waals surface area (Å²) in [5.41, 5.74) is 3.89. The molecule has 0 unspecified atom stereocenters. The smallest absolute Gasteiger partial charge is 0.236 e. The lowest BCUT2D eigenvalue weighted by Gasteiger charge is -2.09. The second-order valence-corrected chi connectivity index (χ2v) is 7.88. The SMILES string of the molecule is Cc1cc(NC(=O)CSc2nnc(-c3ccccc3C)n2C)n(-c2ccccc2)n1. The summed E-state index contributed by atoms with van der Waals surface area (Å²) in [6.07, 6.45) is 0. The predicted octanol–water partition coefficient (Wildman–Crippen LogP) is 4.02. The number of aryl methyl sites for hydroxylation is 2. The van der Waals surface area contributed by atoms with Gasteiger partial charge in [-0.2, -0.15) is 5.10 Å². The number of benzene rings is 2. The molecule has 0 aliphatic carbocycles. The lowest BCUT2D eigenvalue weighted by Crippen LogP contribution is -2.17. The summed E-state index contributed by atoms with van der Waals surface area (Å²) in [4.78, 5) is 12.6. The van der Waals surface area contributed by atoms with Crippen molar-refractivity contribution in [3.05, 3.63) is 71.9 Å². The molecule has 0 saturated heterocycles. The Balaban J connectivity index is 1.45. The molecule has 0 radical (unpaired) electrons. The minimum absolute atomic E-state index is 0.127. The number of hydrogen-bond donors (Lipinski definition) is 1. The summed E-state index contributed by atoms with van der Waals surface area (Å²) in [6, 6.07) is 19.6. The van der Waals surface area contributed by atoms with E-state index >= 15 is 0 Å². The van der Waals surface area contributed by atoms with Crippen LogP contribution in [0.2, 0.25) is 0 Å². The van der Waals surface area contributed by atoms with Gasteiger partial charge in [0.05, 0.1) is 17.1 Å². The van der Waals surface area contributed by atoms with Crippen LogP contribution in [0.25, 0.3) is 17.1 Å². The van der Waals surface area contributed by atoms with Crippen molar-refractivity contribution in [3.8, 4) is 17.1 Å². The number of thioether (sulfide) groups is 1. The predicted molar refractivity (Wildman–Crippen MR) is 119 cm³/mol. The molecule has 0 aliphatic heterocycles. The van der Waals surface area contributed by atoms with Crippen molar-refractivity contribution in [2.24, 2.45) is 7.05 Å². The number of anilines is 1. The van der Waals surface area contributed by atoms with Crippen LogP contribution in [-0.4, -0.2) is 36.2 Å². The molecule has 8 heteroatoms. The van der Waals surface area contributed by atoms with Gasteiger partial charge in [0.2, 0.25) is 5.91 Å². The van der Waals surface area contributed by atoms with E-state index in [-0.39, 0.29) is 11.7 Å². The zero-order chi connectivity index (χ0) is 21.1. The van der Waals surface area contributed by atoms with Crippen LogP contribution >= 0.6 is 11.8 Å². The zero-order valence-corrected chi connectivity index (χ0v) is 17.8. The van der Waals surface area contributed by atoms with Gasteiger partial charge in [0.15, 0.2) is 11.0 Å². The summed E-state index contributed by atoms with van der Waals surface area (Å²) in [5.74, 6) is 1.52. The Morgan fingerprint density at radius 3 is 2.53 bits per heavy atom. The van der Waals surface area contributed by atoms with Crippen molar-refractivity contribution in [2.75, 3.05) is 11.1 Å². The molecule has 1 amide bonds. The van der Waals surface area contributed by atoms with Gasteiger partial charge in [-0.25, -0.2) is 4.68 Å². The maximum atomic E-state index is 12.6. The number of nitrogens with one attached hydrogen (secondary N) is 1. The van der Waals surface area contributed by atoms with E-state index in [0.717, 1.165) is 28.3 Å². The first-order chi connectivity index (χ1) is 14.5. The van der Waals surface area contributed by atoms with Gasteiger partial charge in [0.1, 0.15) is 5.82 Å². The largest absolute Gasteiger partial charge is 0.310 e. The average molecular weight is 419 g/mol. The van der Waals surface area contributed by atoms with Gasteiger partial charge < -0.3 is 9.88 Å². The van der Waals surface area contributed by atoms with Crippen molar-refractivity contribution in [2.45, 2.75) is 19.0 Å². The van der Waals surface area contributed by atoms with E-state index in [2.05, 4.69) is 20.6 Å². The Morgan fingerprint density at radius 2 is 1.77 bits per heavy atom. The number of aromatic nitrogens is 5. The van der Waals surface area contributed by atoms with Crippen molar-refractivity contribution < 1.29 is 4.79 Å². The number of nitrogens with zero attached hydrogens (tertiary/aromatic N) is 5. The maximum Gasteiger partial charge on any atom is 0.236 e. The summed E-state index contributed by atoms with van der Waals surface area (Å²) in [6.45, 7) is 3.94. The van der Waals surface area contributed by atoms with Crippen LogP contribution < -0.4 is 5.32 Å². The Bertz CT molecular complexity index is 1180. The van der Waals surface area contributed by atoms with Gasteiger partial charge in [-0.05, 0) is 31.5 Å². The molecule has 1 N–H and O–H groups in total. The topological polar surface area (TPSA) is 77.6 Å². The minimum Gasteiger partial charge on any atom is -0.310 e. The molecule has 0 bridgehead atoms. The summed E-state index contributed by atoms with van der Waals surface area (Å²) >= 11 is 1.35. The van der Waals surface area contributed by atoms with E-state index in [1.54, 1.807) is 4.68 Å². The van der Waals surface area contributed by atoms with Crippen LogP contribution in [-0.2, 0) is 11.8 Å². The van der Waals surface area contributed by atoms with Crippen molar-refractivity contribution >= 4 is 23.5 Å². The standard InChI is InChI=1S/C22H22N6OS/c1-15-9-7-8-12-18(15)21-24-25-22(27(21)3)30-14-20(29)23-19-13-16(2)26-28(19)17-10-5-4-6-11-17/h4-13H,14H2,1-3H3,(H,23,29). The van der Waals surface area contributed by atoms with Crippen LogP contribution in [0.15, 0.2) is 65.8 Å². The molecule has 30 heavy (non-hydrogen) atoms. The first-order valence-electron chi connectivity index (χ1n) is 9.53. The molecule has 2 aromatic carbocycles. The zero-order valence-electron chi connectivity index (χ0n) is 17.0. The maximum absolute atomic E-state index is 12.6. The second kappa shape index (κ2) is 8.54. The average Bonchev–Trinajstić information content (AvgIpc) is 3.29. The Labute approximate surface area is 179 Å². The number of rotatable bonds is 6. The molecule has 0 spiro atoms. The molecule has 4 aromatic rings. The van der Waals surface area contributed by atoms with Gasteiger partial charge in [-0.15, -0.1) is 10.2 Å². The third kappa shape index (κ3) is 4.13. The quantitative estimate of drug-likeness (QED) is 0.479. The molecule has 0 fully saturated rings. The fraction of sp³-hybridized carbons (Fsp3) is 0.182. The summed E-state index contributed by atoms with van der Waals surface area (Å²) < 4.78 is 3.65. The number of carbonyl (C=O) groups is 1. The highest BCUT2D eigenvalue weighted by Crippen LogP contribution is 2.25. The Morgan fingerprint density at radius 1 is 1.03 bits per heavy atom. The molecule has 7 nitrogen and oxygen atoms in total. The van der Waals surface area contributed by atoms with Gasteiger partial charge in [-0.3, -0.25) is 4.79 Å². The van der Waals surface area contributed by atoms with Gasteiger partial charge in [-0.1, -0.05) is 54.2 Å². The molecule has 152 valence electrons. The van der Waals surface area contributed by atoms with Crippen LogP contribution in [0.4, 0.5) is 5.82 Å². The van der Waals surface area contributed by atoms with Gasteiger partial charge in [0, 0.05) is 18.7 Å². The van der Waals surface area contributed by atoms with Gasteiger partial charge in [0.25, 0.3) is 0 Å². The second-order valence-electron chi connectivity index (χ2n) is 6.94. The van der Waals surface area contributed by atoms with Crippen molar-refractivity contribution in [1.82, 2.24) is 24.5 Å². The van der Waals surface area contributed by atoms with Crippen molar-refractivity contribution in [3.63, 3.8) is 0 Å². The highest BCUT2D eigenvalue weighted by molar-refractivity contribution is 7.99. The third-order valence-electron chi connectivity index (χ3n) is 4.65. The number of hydrogen-bond acceptors (Lipinski definition) is 5. The highest BCUT2D eigenvalue weighted by atomic mass is 32.2. The molecule has 0 saturated carbocycles. The van der Waals surface area contributed by atoms with Crippen LogP contribution in [0.5, 0.6) is 0 Å². The summed E-state index contributed by atoms with van der Waals surface area (Å²) in [5, 5.41) is 16.7. The summed E-state index contributed by atoms with van der Waals surface area (Å²) in [7, 11) is 1.91. The highest BCUT2D eigenvalue weighted by Gasteiger charge is 2.15. The number of carbonyl (C=O) groups excluding carboxylic acids is 1. The molecule has 2 heterocycles. The fourth-order valence-electron chi connectivity index (χ4n) is 3.16.